The van der Waals surface area contributed by atoms with Gasteiger partial charge in [0.1, 0.15) is 61.5 Å². The number of unbranched alkanes of at least 4 members (excludes halogenated alkanes) is 12. The lowest BCUT2D eigenvalue weighted by atomic mass is 9.85. The third-order valence-corrected chi connectivity index (χ3v) is 14.0. The monoisotopic (exact) mass is 1010 g/mol. The second-order valence-corrected chi connectivity index (χ2v) is 20.6. The average Bonchev–Trinajstić information content (AvgIpc) is 3.31. The van der Waals surface area contributed by atoms with Crippen LogP contribution >= 0.6 is 0 Å². The summed E-state index contributed by atoms with van der Waals surface area (Å²) in [6.07, 6.45) is -0.484. The molecule has 17 atom stereocenters. The van der Waals surface area contributed by atoms with E-state index in [1.807, 2.05) is 13.8 Å². The van der Waals surface area contributed by atoms with Gasteiger partial charge in [-0.05, 0) is 37.5 Å². The highest BCUT2D eigenvalue weighted by molar-refractivity contribution is 5.71. The summed E-state index contributed by atoms with van der Waals surface area (Å²) >= 11 is 0. The fourth-order valence-corrected chi connectivity index (χ4v) is 9.65. The molecule has 3 aliphatic rings. The summed E-state index contributed by atoms with van der Waals surface area (Å²) in [5, 5.41) is 95.2. The van der Waals surface area contributed by atoms with Gasteiger partial charge >= 0.3 is 17.9 Å². The highest BCUT2D eigenvalue weighted by atomic mass is 16.8. The standard InChI is InChI=1S/C51H92O19/c1-6-7-21-34(22-20-25-36(54)35(53)23-18-16-14-12-10-8-9-11-13-15-17-19-24-37(55)49(62)63)27-40-47(44(60)38(56)28-64-40)69-51-48(45(61)39(57)29-66-51)70-50-43(59)32(4)46(67-33(5)52)41(68-50)30-65-42(58)26-31(2)3/h31-32,34-41,43-48,50-51,53-57,59-61H,6-30H2,1-5H3,(H,62,63)/t32?,34-,35-,36-,37+,38-,39-,40?,41-,43-,44+,45+,46+,47+,48-,50+,51+/m0/s1. The summed E-state index contributed by atoms with van der Waals surface area (Å²) < 4.78 is 41.4. The van der Waals surface area contributed by atoms with Crippen molar-refractivity contribution in [1.29, 1.82) is 0 Å². The Kier molecular flexibility index (Phi) is 29.9. The van der Waals surface area contributed by atoms with Gasteiger partial charge in [-0.1, -0.05) is 137 Å². The van der Waals surface area contributed by atoms with Gasteiger partial charge < -0.3 is 79.1 Å². The van der Waals surface area contributed by atoms with E-state index in [0.717, 1.165) is 83.5 Å². The Morgan fingerprint density at radius 1 is 0.614 bits per heavy atom. The number of carboxylic acids is 1. The molecule has 3 heterocycles. The van der Waals surface area contributed by atoms with Crippen molar-refractivity contribution < 1.29 is 93.5 Å². The third kappa shape index (κ3) is 22.2. The van der Waals surface area contributed by atoms with Gasteiger partial charge in [-0.3, -0.25) is 9.59 Å². The summed E-state index contributed by atoms with van der Waals surface area (Å²) in [6, 6.07) is 0. The Labute approximate surface area is 415 Å². The molecule has 0 amide bonds. The first-order chi connectivity index (χ1) is 33.3. The predicted molar refractivity (Wildman–Crippen MR) is 255 cm³/mol. The van der Waals surface area contributed by atoms with E-state index in [1.54, 1.807) is 6.92 Å². The van der Waals surface area contributed by atoms with Crippen LogP contribution in [-0.4, -0.2) is 176 Å². The van der Waals surface area contributed by atoms with Crippen LogP contribution in [-0.2, 0) is 47.5 Å². The lowest BCUT2D eigenvalue weighted by Crippen LogP contribution is -2.63. The quantitative estimate of drug-likeness (QED) is 0.0318. The van der Waals surface area contributed by atoms with Crippen molar-refractivity contribution in [3.63, 3.8) is 0 Å². The Balaban J connectivity index is 1.52. The number of rotatable bonds is 35. The van der Waals surface area contributed by atoms with Crippen LogP contribution in [0.25, 0.3) is 0 Å². The maximum Gasteiger partial charge on any atom is 0.332 e. The molecule has 0 aliphatic carbocycles. The second kappa shape index (κ2) is 33.7. The number of carbonyl (C=O) groups is 3. The summed E-state index contributed by atoms with van der Waals surface area (Å²) in [5.74, 6) is -3.04. The van der Waals surface area contributed by atoms with Crippen molar-refractivity contribution in [3.8, 4) is 0 Å². The molecule has 0 bridgehead atoms. The zero-order chi connectivity index (χ0) is 51.8. The van der Waals surface area contributed by atoms with Crippen LogP contribution in [0.1, 0.15) is 176 Å². The highest BCUT2D eigenvalue weighted by Gasteiger charge is 2.52. The summed E-state index contributed by atoms with van der Waals surface area (Å²) in [7, 11) is 0. The van der Waals surface area contributed by atoms with Crippen LogP contribution in [0.4, 0.5) is 0 Å². The van der Waals surface area contributed by atoms with Crippen LogP contribution in [0.15, 0.2) is 0 Å². The van der Waals surface area contributed by atoms with E-state index in [1.165, 1.54) is 19.8 Å². The van der Waals surface area contributed by atoms with E-state index in [9.17, 15) is 55.2 Å². The average molecular weight is 1010 g/mol. The number of aliphatic hydroxyl groups is 8. The zero-order valence-corrected chi connectivity index (χ0v) is 42.7. The van der Waals surface area contributed by atoms with E-state index < -0.39 is 116 Å². The second-order valence-electron chi connectivity index (χ2n) is 20.6. The smallest absolute Gasteiger partial charge is 0.332 e. The molecule has 3 aliphatic heterocycles. The highest BCUT2D eigenvalue weighted by Crippen LogP contribution is 2.35. The molecule has 0 saturated carbocycles. The largest absolute Gasteiger partial charge is 0.479 e. The van der Waals surface area contributed by atoms with E-state index in [4.69, 9.17) is 38.3 Å². The lowest BCUT2D eigenvalue weighted by molar-refractivity contribution is -0.366. The topological polar surface area (TPSA) is 298 Å². The molecule has 0 aromatic rings. The normalized spacial score (nSPS) is 31.2. The lowest BCUT2D eigenvalue weighted by Gasteiger charge is -2.47. The van der Waals surface area contributed by atoms with Gasteiger partial charge in [0.2, 0.25) is 0 Å². The van der Waals surface area contributed by atoms with Gasteiger partial charge in [0.05, 0.1) is 31.5 Å². The molecule has 19 nitrogen and oxygen atoms in total. The van der Waals surface area contributed by atoms with Crippen molar-refractivity contribution in [1.82, 2.24) is 0 Å². The molecule has 3 fully saturated rings. The molecule has 9 N–H and O–H groups in total. The summed E-state index contributed by atoms with van der Waals surface area (Å²) in [4.78, 5) is 35.2. The summed E-state index contributed by atoms with van der Waals surface area (Å²) in [5.41, 5.74) is 0. The number of carboxylic acid groups (broad SMARTS) is 1. The number of hydrogen-bond acceptors (Lipinski definition) is 18. The molecule has 410 valence electrons. The van der Waals surface area contributed by atoms with Crippen molar-refractivity contribution in [2.24, 2.45) is 17.8 Å². The van der Waals surface area contributed by atoms with E-state index in [0.29, 0.717) is 38.5 Å². The predicted octanol–water partition coefficient (Wildman–Crippen LogP) is 4.19. The van der Waals surface area contributed by atoms with Gasteiger partial charge in [0.25, 0.3) is 0 Å². The van der Waals surface area contributed by atoms with Gasteiger partial charge in [0, 0.05) is 19.3 Å². The van der Waals surface area contributed by atoms with Crippen LogP contribution in [0, 0.1) is 17.8 Å². The summed E-state index contributed by atoms with van der Waals surface area (Å²) in [6.45, 7) is 7.72. The van der Waals surface area contributed by atoms with Crippen LogP contribution in [0.2, 0.25) is 0 Å². The van der Waals surface area contributed by atoms with Crippen molar-refractivity contribution >= 4 is 17.9 Å². The molecule has 70 heavy (non-hydrogen) atoms. The van der Waals surface area contributed by atoms with E-state index in [2.05, 4.69) is 6.92 Å². The van der Waals surface area contributed by atoms with Crippen LogP contribution < -0.4 is 0 Å². The molecule has 0 aromatic heterocycles. The van der Waals surface area contributed by atoms with Gasteiger partial charge in [0.15, 0.2) is 18.7 Å². The first-order valence-electron chi connectivity index (χ1n) is 26.5. The first kappa shape index (κ1) is 62.2. The molecular formula is C51H92O19. The number of carbonyl (C=O) groups excluding carboxylic acids is 2. The fraction of sp³-hybridized carbons (Fsp3) is 0.941. The molecular weight excluding hydrogens is 917 g/mol. The van der Waals surface area contributed by atoms with Crippen LogP contribution in [0.5, 0.6) is 0 Å². The third-order valence-electron chi connectivity index (χ3n) is 14.0. The molecule has 0 aromatic carbocycles. The Hall–Kier alpha value is -2.11. The minimum absolute atomic E-state index is 0.0179. The minimum Gasteiger partial charge on any atom is -0.479 e. The fourth-order valence-electron chi connectivity index (χ4n) is 9.65. The van der Waals surface area contributed by atoms with Gasteiger partial charge in [-0.2, -0.15) is 0 Å². The number of esters is 2. The Bertz CT molecular complexity index is 1440. The number of hydrogen-bond donors (Lipinski definition) is 9. The van der Waals surface area contributed by atoms with Gasteiger partial charge in [-0.15, -0.1) is 0 Å². The molecule has 0 radical (unpaired) electrons. The van der Waals surface area contributed by atoms with Crippen LogP contribution in [0.3, 0.4) is 0 Å². The van der Waals surface area contributed by atoms with Crippen molar-refractivity contribution in [2.75, 3.05) is 19.8 Å². The first-order valence-corrected chi connectivity index (χ1v) is 26.5. The van der Waals surface area contributed by atoms with Crippen molar-refractivity contribution in [3.05, 3.63) is 0 Å². The van der Waals surface area contributed by atoms with Crippen molar-refractivity contribution in [2.45, 2.75) is 268 Å². The zero-order valence-electron chi connectivity index (χ0n) is 42.7. The molecule has 2 unspecified atom stereocenters. The van der Waals surface area contributed by atoms with E-state index >= 15 is 0 Å². The SMILES string of the molecule is CCCC[C@@H](CCC[C@H](O)[C@@H](O)CCCCCCCCCCCCCC[C@@H](O)C(=O)O)CC1OC[C@H](O)[C@@H](O)[C@@H]1O[C@H]1OC[C@H](O)[C@@H](O)[C@@H]1O[C@H]1O[C@@H](COC(=O)CC(C)C)[C@H](OC(C)=O)C(C)[C@@H]1O. The minimum atomic E-state index is -1.63. The number of aliphatic carboxylic acids is 1. The maximum absolute atomic E-state index is 12.5. The Morgan fingerprint density at radius 2 is 1.13 bits per heavy atom. The van der Waals surface area contributed by atoms with E-state index in [-0.39, 0.29) is 38.1 Å². The maximum atomic E-state index is 12.5. The number of aliphatic hydroxyl groups excluding tert-OH is 8. The molecule has 19 heteroatoms. The molecule has 0 spiro atoms. The molecule has 3 saturated heterocycles. The van der Waals surface area contributed by atoms with Gasteiger partial charge in [-0.25, -0.2) is 4.79 Å². The Morgan fingerprint density at radius 3 is 1.69 bits per heavy atom. The molecule has 3 rings (SSSR count). The number of ether oxygens (including phenoxy) is 7.